The van der Waals surface area contributed by atoms with Crippen molar-refractivity contribution >= 4 is 75.8 Å². The lowest BCUT2D eigenvalue weighted by Gasteiger charge is -2.20. The van der Waals surface area contributed by atoms with Gasteiger partial charge in [-0.2, -0.15) is 0 Å². The fourth-order valence-corrected chi connectivity index (χ4v) is 8.61. The van der Waals surface area contributed by atoms with Gasteiger partial charge in [-0.15, -0.1) is 0 Å². The van der Waals surface area contributed by atoms with E-state index in [9.17, 15) is 0 Å². The van der Waals surface area contributed by atoms with Crippen molar-refractivity contribution in [3.05, 3.63) is 182 Å². The normalized spacial score (nSPS) is 11.9. The number of fused-ring (bicyclic) bond motifs is 9. The van der Waals surface area contributed by atoms with Gasteiger partial charge >= 0.3 is 0 Å². The number of hydrogen-bond donors (Lipinski definition) is 0. The summed E-state index contributed by atoms with van der Waals surface area (Å²) in [7, 11) is 0. The predicted molar refractivity (Wildman–Crippen MR) is 218 cm³/mol. The zero-order valence-corrected chi connectivity index (χ0v) is 27.7. The highest BCUT2D eigenvalue weighted by Crippen LogP contribution is 2.47. The van der Waals surface area contributed by atoms with Crippen LogP contribution >= 0.6 is 0 Å². The Morgan fingerprint density at radius 1 is 0.275 bits per heavy atom. The van der Waals surface area contributed by atoms with E-state index in [1.54, 1.807) is 0 Å². The lowest BCUT2D eigenvalue weighted by atomic mass is 9.83. The number of benzene rings is 10. The molecule has 11 aromatic rings. The van der Waals surface area contributed by atoms with Gasteiger partial charge < -0.3 is 4.42 Å². The molecule has 11 rings (SSSR count). The molecule has 0 fully saturated rings. The van der Waals surface area contributed by atoms with E-state index >= 15 is 0 Å². The smallest absolute Gasteiger partial charge is 0.143 e. The third-order valence-electron chi connectivity index (χ3n) is 10.9. The highest BCUT2D eigenvalue weighted by Gasteiger charge is 2.20. The molecule has 0 saturated carbocycles. The molecule has 0 radical (unpaired) electrons. The van der Waals surface area contributed by atoms with Crippen molar-refractivity contribution in [2.75, 3.05) is 0 Å². The van der Waals surface area contributed by atoms with Crippen molar-refractivity contribution in [3.63, 3.8) is 0 Å². The fraction of sp³-hybridized carbons (Fsp3) is 0. The maximum absolute atomic E-state index is 6.52. The van der Waals surface area contributed by atoms with E-state index in [2.05, 4.69) is 176 Å². The van der Waals surface area contributed by atoms with Gasteiger partial charge in [-0.05, 0) is 93.8 Å². The molecule has 0 aliphatic rings. The highest BCUT2D eigenvalue weighted by atomic mass is 16.3. The first-order valence-corrected chi connectivity index (χ1v) is 17.6. The second-order valence-corrected chi connectivity index (χ2v) is 13.6. The van der Waals surface area contributed by atoms with Gasteiger partial charge in [0, 0.05) is 16.3 Å². The first-order chi connectivity index (χ1) is 25.3. The summed E-state index contributed by atoms with van der Waals surface area (Å²) in [5.41, 5.74) is 9.14. The summed E-state index contributed by atoms with van der Waals surface area (Å²) in [5, 5.41) is 14.8. The van der Waals surface area contributed by atoms with E-state index in [-0.39, 0.29) is 0 Å². The van der Waals surface area contributed by atoms with E-state index in [0.29, 0.717) is 0 Å². The van der Waals surface area contributed by atoms with Gasteiger partial charge in [0.2, 0.25) is 0 Å². The van der Waals surface area contributed by atoms with Gasteiger partial charge in [0.1, 0.15) is 11.2 Å². The zero-order valence-electron chi connectivity index (χ0n) is 27.7. The third-order valence-corrected chi connectivity index (χ3v) is 10.9. The third kappa shape index (κ3) is 4.16. The Morgan fingerprint density at radius 2 is 0.804 bits per heavy atom. The molecule has 1 nitrogen and oxygen atoms in total. The summed E-state index contributed by atoms with van der Waals surface area (Å²) in [6.07, 6.45) is 0. The van der Waals surface area contributed by atoms with Gasteiger partial charge in [-0.1, -0.05) is 170 Å². The van der Waals surface area contributed by atoms with Crippen LogP contribution in [0.2, 0.25) is 0 Å². The second kappa shape index (κ2) is 10.9. The van der Waals surface area contributed by atoms with Crippen molar-refractivity contribution in [3.8, 4) is 33.4 Å². The van der Waals surface area contributed by atoms with Crippen LogP contribution in [0.5, 0.6) is 0 Å². The molecule has 51 heavy (non-hydrogen) atoms. The minimum atomic E-state index is 0.915. The minimum Gasteiger partial charge on any atom is -0.455 e. The SMILES string of the molecule is c1ccc2c(c1)ccc1cc(-c3c4ccccc4c(-c4ccc(-c5cccc6c5oc5ccccc56)c5ccccc45)c4ccccc34)ccc12. The van der Waals surface area contributed by atoms with Crippen LogP contribution in [-0.2, 0) is 0 Å². The van der Waals surface area contributed by atoms with Gasteiger partial charge in [-0.3, -0.25) is 0 Å². The van der Waals surface area contributed by atoms with E-state index in [4.69, 9.17) is 4.42 Å². The predicted octanol–water partition coefficient (Wildman–Crippen LogP) is 14.4. The molecular weight excluding hydrogens is 617 g/mol. The standard InChI is InChI=1S/C50H30O/c1-2-13-34-31(12-1)24-25-32-30-33(26-27-35(32)34)48-40-17-5-7-19-42(40)49(43-20-8-6-18-41(43)48)44-29-28-38(36-14-3-4-15-37(36)44)45-21-11-22-46-39-16-9-10-23-47(39)51-50(45)46/h1-30H. The average molecular weight is 647 g/mol. The van der Waals surface area contributed by atoms with Crippen molar-refractivity contribution in [1.82, 2.24) is 0 Å². The summed E-state index contributed by atoms with van der Waals surface area (Å²) < 4.78 is 6.52. The first-order valence-electron chi connectivity index (χ1n) is 17.6. The molecule has 0 aliphatic carbocycles. The molecule has 0 spiro atoms. The molecule has 0 N–H and O–H groups in total. The van der Waals surface area contributed by atoms with Crippen molar-refractivity contribution in [2.24, 2.45) is 0 Å². The number of furan rings is 1. The van der Waals surface area contributed by atoms with Crippen LogP contribution in [0.15, 0.2) is 186 Å². The Balaban J connectivity index is 1.18. The Bertz CT molecular complexity index is 3140. The topological polar surface area (TPSA) is 13.1 Å². The van der Waals surface area contributed by atoms with Crippen LogP contribution in [0.25, 0.3) is 109 Å². The maximum Gasteiger partial charge on any atom is 0.143 e. The molecule has 1 heterocycles. The van der Waals surface area contributed by atoms with Crippen LogP contribution in [0.3, 0.4) is 0 Å². The maximum atomic E-state index is 6.52. The van der Waals surface area contributed by atoms with E-state index < -0.39 is 0 Å². The van der Waals surface area contributed by atoms with Crippen LogP contribution in [0.1, 0.15) is 0 Å². The Labute approximate surface area is 294 Å². The van der Waals surface area contributed by atoms with Crippen molar-refractivity contribution in [2.45, 2.75) is 0 Å². The first kappa shape index (κ1) is 28.2. The lowest BCUT2D eigenvalue weighted by molar-refractivity contribution is 0.670. The van der Waals surface area contributed by atoms with E-state index in [0.717, 1.165) is 27.5 Å². The van der Waals surface area contributed by atoms with Gasteiger partial charge in [0.05, 0.1) is 0 Å². The molecule has 1 heteroatoms. The summed E-state index contributed by atoms with van der Waals surface area (Å²) in [5.74, 6) is 0. The van der Waals surface area contributed by atoms with Crippen molar-refractivity contribution < 1.29 is 4.42 Å². The quantitative estimate of drug-likeness (QED) is 0.138. The largest absolute Gasteiger partial charge is 0.455 e. The number of para-hydroxylation sites is 2. The molecule has 236 valence electrons. The minimum absolute atomic E-state index is 0.915. The molecule has 0 unspecified atom stereocenters. The van der Waals surface area contributed by atoms with Crippen LogP contribution in [-0.4, -0.2) is 0 Å². The Morgan fingerprint density at radius 3 is 1.55 bits per heavy atom. The summed E-state index contributed by atoms with van der Waals surface area (Å²) in [4.78, 5) is 0. The molecule has 0 bridgehead atoms. The van der Waals surface area contributed by atoms with Crippen LogP contribution in [0.4, 0.5) is 0 Å². The lowest BCUT2D eigenvalue weighted by Crippen LogP contribution is -1.92. The average Bonchev–Trinajstić information content (AvgIpc) is 3.58. The van der Waals surface area contributed by atoms with Crippen molar-refractivity contribution in [1.29, 1.82) is 0 Å². The van der Waals surface area contributed by atoms with E-state index in [1.165, 1.54) is 81.7 Å². The monoisotopic (exact) mass is 646 g/mol. The van der Waals surface area contributed by atoms with Gasteiger partial charge in [0.25, 0.3) is 0 Å². The molecule has 10 aromatic carbocycles. The highest BCUT2D eigenvalue weighted by molar-refractivity contribution is 6.25. The van der Waals surface area contributed by atoms with Gasteiger partial charge in [-0.25, -0.2) is 0 Å². The molecule has 0 aliphatic heterocycles. The zero-order chi connectivity index (χ0) is 33.5. The molecule has 0 amide bonds. The van der Waals surface area contributed by atoms with Crippen LogP contribution < -0.4 is 0 Å². The van der Waals surface area contributed by atoms with Crippen LogP contribution in [0, 0.1) is 0 Å². The number of rotatable bonds is 3. The van der Waals surface area contributed by atoms with Gasteiger partial charge in [0.15, 0.2) is 0 Å². The Kier molecular flexibility index (Phi) is 6.02. The molecule has 1 aromatic heterocycles. The molecular formula is C50H30O. The Hall–Kier alpha value is -6.70. The summed E-state index contributed by atoms with van der Waals surface area (Å²) in [6, 6.07) is 66.3. The number of hydrogen-bond acceptors (Lipinski definition) is 1. The van der Waals surface area contributed by atoms with E-state index in [1.807, 2.05) is 6.07 Å². The summed E-state index contributed by atoms with van der Waals surface area (Å²) in [6.45, 7) is 0. The molecule has 0 atom stereocenters. The molecule has 0 saturated heterocycles. The second-order valence-electron chi connectivity index (χ2n) is 13.6. The fourth-order valence-electron chi connectivity index (χ4n) is 8.61. The summed E-state index contributed by atoms with van der Waals surface area (Å²) >= 11 is 0.